The molecule has 0 bridgehead atoms. The van der Waals surface area contributed by atoms with Crippen LogP contribution in [-0.4, -0.2) is 29.6 Å². The molecule has 0 fully saturated rings. The van der Waals surface area contributed by atoms with Crippen molar-refractivity contribution in [3.8, 4) is 6.01 Å². The van der Waals surface area contributed by atoms with E-state index in [-0.39, 0.29) is 17.5 Å². The van der Waals surface area contributed by atoms with Gasteiger partial charge in [0.15, 0.2) is 5.82 Å². The number of nitrogens with zero attached hydrogens (tertiary/aromatic N) is 2. The highest BCUT2D eigenvalue weighted by molar-refractivity contribution is 5.90. The van der Waals surface area contributed by atoms with Crippen molar-refractivity contribution in [2.75, 3.05) is 13.7 Å². The molecule has 0 aliphatic carbocycles. The Hall–Kier alpha value is -2.89. The highest BCUT2D eigenvalue weighted by Crippen LogP contribution is 2.29. The van der Waals surface area contributed by atoms with Gasteiger partial charge >= 0.3 is 0 Å². The molecule has 130 valence electrons. The van der Waals surface area contributed by atoms with Crippen LogP contribution in [0.2, 0.25) is 0 Å². The molecule has 1 atom stereocenters. The van der Waals surface area contributed by atoms with Crippen molar-refractivity contribution < 1.29 is 9.47 Å². The van der Waals surface area contributed by atoms with Gasteiger partial charge in [-0.1, -0.05) is 43.3 Å². The number of hydrogen-bond donors (Lipinski definition) is 1. The number of rotatable bonds is 5. The second-order valence-electron chi connectivity index (χ2n) is 5.72. The summed E-state index contributed by atoms with van der Waals surface area (Å²) in [5.41, 5.74) is 1.51. The number of benzene rings is 1. The summed E-state index contributed by atoms with van der Waals surface area (Å²) >= 11 is 0. The van der Waals surface area contributed by atoms with Crippen molar-refractivity contribution in [3.05, 3.63) is 64.0 Å². The smallest absolute Gasteiger partial charge is 0.298 e. The first-order valence-corrected chi connectivity index (χ1v) is 8.33. The Morgan fingerprint density at radius 1 is 1.24 bits per heavy atom. The third-order valence-corrected chi connectivity index (χ3v) is 4.09. The van der Waals surface area contributed by atoms with Gasteiger partial charge in [0.2, 0.25) is 5.90 Å². The molecule has 6 nitrogen and oxygen atoms in total. The van der Waals surface area contributed by atoms with Gasteiger partial charge in [0.05, 0.1) is 19.3 Å². The third kappa shape index (κ3) is 3.96. The molecular weight excluding hydrogens is 318 g/mol. The predicted molar refractivity (Wildman–Crippen MR) is 96.8 cm³/mol. The zero-order valence-electron chi connectivity index (χ0n) is 14.4. The largest absolute Gasteiger partial charge is 0.477 e. The molecule has 2 aromatic rings. The van der Waals surface area contributed by atoms with Gasteiger partial charge in [-0.05, 0) is 18.1 Å². The summed E-state index contributed by atoms with van der Waals surface area (Å²) in [5, 5.41) is 0. The second-order valence-corrected chi connectivity index (χ2v) is 5.72. The van der Waals surface area contributed by atoms with Crippen LogP contribution in [0, 0.1) is 0 Å². The van der Waals surface area contributed by atoms with Crippen LogP contribution >= 0.6 is 0 Å². The molecule has 1 N–H and O–H groups in total. The maximum Gasteiger partial charge on any atom is 0.298 e. The van der Waals surface area contributed by atoms with E-state index in [4.69, 9.17) is 9.47 Å². The van der Waals surface area contributed by atoms with E-state index < -0.39 is 0 Å². The van der Waals surface area contributed by atoms with Crippen molar-refractivity contribution in [3.63, 3.8) is 0 Å². The molecule has 1 aromatic carbocycles. The molecule has 0 saturated carbocycles. The average molecular weight is 339 g/mol. The minimum Gasteiger partial charge on any atom is -0.477 e. The molecular formula is C19H21N3O3. The van der Waals surface area contributed by atoms with Crippen molar-refractivity contribution in [2.24, 2.45) is 4.99 Å². The molecule has 1 aliphatic rings. The third-order valence-electron chi connectivity index (χ3n) is 4.09. The Balaban J connectivity index is 1.83. The van der Waals surface area contributed by atoms with E-state index >= 15 is 0 Å². The number of fused-ring (bicyclic) bond motifs is 1. The number of H-pyrrole nitrogens is 1. The molecule has 0 spiro atoms. The minimum absolute atomic E-state index is 0.0591. The summed E-state index contributed by atoms with van der Waals surface area (Å²) in [6, 6.07) is 10.3. The van der Waals surface area contributed by atoms with Gasteiger partial charge in [0.1, 0.15) is 0 Å². The molecule has 0 saturated heterocycles. The monoisotopic (exact) mass is 339 g/mol. The zero-order chi connectivity index (χ0) is 17.6. The number of nitrogens with one attached hydrogen (secondary N) is 1. The molecule has 25 heavy (non-hydrogen) atoms. The van der Waals surface area contributed by atoms with Crippen LogP contribution in [0.25, 0.3) is 0 Å². The maximum atomic E-state index is 12.4. The SMILES string of the molecule is CCC1C=CC(OCCc2ccccc2)=Nc2nc(OC)[nH]c(=O)c21. The van der Waals surface area contributed by atoms with E-state index in [0.717, 1.165) is 12.8 Å². The fourth-order valence-electron chi connectivity index (χ4n) is 2.74. The van der Waals surface area contributed by atoms with Crippen LogP contribution in [0.5, 0.6) is 6.01 Å². The molecule has 1 aromatic heterocycles. The lowest BCUT2D eigenvalue weighted by Crippen LogP contribution is -2.17. The second kappa shape index (κ2) is 7.79. The molecule has 1 unspecified atom stereocenters. The van der Waals surface area contributed by atoms with E-state index in [0.29, 0.717) is 23.9 Å². The van der Waals surface area contributed by atoms with E-state index in [1.807, 2.05) is 37.3 Å². The summed E-state index contributed by atoms with van der Waals surface area (Å²) in [7, 11) is 1.46. The number of aromatic amines is 1. The Morgan fingerprint density at radius 2 is 2.04 bits per heavy atom. The van der Waals surface area contributed by atoms with Gasteiger partial charge in [0.25, 0.3) is 11.6 Å². The van der Waals surface area contributed by atoms with Gasteiger partial charge in [-0.3, -0.25) is 9.78 Å². The number of ether oxygens (including phenoxy) is 2. The van der Waals surface area contributed by atoms with Crippen LogP contribution in [-0.2, 0) is 11.2 Å². The molecule has 6 heteroatoms. The first kappa shape index (κ1) is 17.0. The highest BCUT2D eigenvalue weighted by atomic mass is 16.5. The van der Waals surface area contributed by atoms with Crippen molar-refractivity contribution in [2.45, 2.75) is 25.7 Å². The molecule has 0 radical (unpaired) electrons. The van der Waals surface area contributed by atoms with Gasteiger partial charge in [-0.25, -0.2) is 0 Å². The van der Waals surface area contributed by atoms with Crippen molar-refractivity contribution >= 4 is 11.7 Å². The lowest BCUT2D eigenvalue weighted by Gasteiger charge is -2.10. The number of allylic oxidation sites excluding steroid dienone is 1. The van der Waals surface area contributed by atoms with Crippen LogP contribution in [0.15, 0.2) is 52.3 Å². The van der Waals surface area contributed by atoms with Crippen molar-refractivity contribution in [1.29, 1.82) is 0 Å². The number of hydrogen-bond acceptors (Lipinski definition) is 5. The van der Waals surface area contributed by atoms with Crippen molar-refractivity contribution in [1.82, 2.24) is 9.97 Å². The Morgan fingerprint density at radius 3 is 2.76 bits per heavy atom. The van der Waals surface area contributed by atoms with Crippen LogP contribution < -0.4 is 10.3 Å². The number of aromatic nitrogens is 2. The summed E-state index contributed by atoms with van der Waals surface area (Å²) in [6.07, 6.45) is 5.31. The summed E-state index contributed by atoms with van der Waals surface area (Å²) in [4.78, 5) is 23.7. The van der Waals surface area contributed by atoms with Gasteiger partial charge in [0, 0.05) is 12.3 Å². The molecule has 2 heterocycles. The van der Waals surface area contributed by atoms with E-state index in [1.165, 1.54) is 12.7 Å². The van der Waals surface area contributed by atoms with Gasteiger partial charge in [-0.15, -0.1) is 0 Å². The normalized spacial score (nSPS) is 15.9. The number of methoxy groups -OCH3 is 1. The van der Waals surface area contributed by atoms with Gasteiger partial charge < -0.3 is 9.47 Å². The van der Waals surface area contributed by atoms with E-state index in [1.54, 1.807) is 0 Å². The van der Waals surface area contributed by atoms with Crippen LogP contribution in [0.3, 0.4) is 0 Å². The fraction of sp³-hybridized carbons (Fsp3) is 0.316. The van der Waals surface area contributed by atoms with E-state index in [2.05, 4.69) is 27.1 Å². The molecule has 1 aliphatic heterocycles. The summed E-state index contributed by atoms with van der Waals surface area (Å²) in [5.74, 6) is 0.747. The summed E-state index contributed by atoms with van der Waals surface area (Å²) < 4.78 is 10.8. The first-order valence-electron chi connectivity index (χ1n) is 8.33. The van der Waals surface area contributed by atoms with Crippen LogP contribution in [0.1, 0.15) is 30.4 Å². The quantitative estimate of drug-likeness (QED) is 0.908. The Bertz CT molecular complexity index is 841. The maximum absolute atomic E-state index is 12.4. The van der Waals surface area contributed by atoms with E-state index in [9.17, 15) is 4.79 Å². The Labute approximate surface area is 146 Å². The fourth-order valence-corrected chi connectivity index (χ4v) is 2.74. The van der Waals surface area contributed by atoms with Crippen LogP contribution in [0.4, 0.5) is 5.82 Å². The first-order chi connectivity index (χ1) is 12.2. The summed E-state index contributed by atoms with van der Waals surface area (Å²) in [6.45, 7) is 2.52. The molecule has 0 amide bonds. The zero-order valence-corrected chi connectivity index (χ0v) is 14.4. The molecule has 3 rings (SSSR count). The highest BCUT2D eigenvalue weighted by Gasteiger charge is 2.21. The minimum atomic E-state index is -0.229. The lowest BCUT2D eigenvalue weighted by atomic mass is 9.98. The Kier molecular flexibility index (Phi) is 5.28. The predicted octanol–water partition coefficient (Wildman–Crippen LogP) is 3.13. The number of aliphatic imine (C=N–C) groups is 1. The standard InChI is InChI=1S/C19H21N3O3/c1-3-14-9-10-15(25-12-11-13-7-5-4-6-8-13)20-17-16(14)18(23)22-19(21-17)24-2/h4-10,14H,3,11-12H2,1-2H3,(H,21,22,23). The van der Waals surface area contributed by atoms with Gasteiger partial charge in [-0.2, -0.15) is 9.98 Å². The topological polar surface area (TPSA) is 76.6 Å². The average Bonchev–Trinajstić information content (AvgIpc) is 2.81. The lowest BCUT2D eigenvalue weighted by molar-refractivity contribution is 0.312.